The average molecular weight is 326 g/mol. The molecular weight excluding hydrogens is 290 g/mol. The van der Waals surface area contributed by atoms with Gasteiger partial charge in [0.25, 0.3) is 0 Å². The molecule has 1 aliphatic heterocycles. The van der Waals surface area contributed by atoms with Crippen LogP contribution in [0.25, 0.3) is 0 Å². The van der Waals surface area contributed by atoms with Gasteiger partial charge in [0.2, 0.25) is 5.91 Å². The van der Waals surface area contributed by atoms with Gasteiger partial charge >= 0.3 is 0 Å². The molecule has 2 N–H and O–H groups in total. The van der Waals surface area contributed by atoms with Crippen LogP contribution < -0.4 is 10.6 Å². The molecule has 1 unspecified atom stereocenters. The molecule has 0 aliphatic carbocycles. The summed E-state index contributed by atoms with van der Waals surface area (Å²) in [7, 11) is 0. The zero-order valence-corrected chi connectivity index (χ0v) is 15.6. The molecule has 1 heterocycles. The van der Waals surface area contributed by atoms with Gasteiger partial charge in [0.15, 0.2) is 5.96 Å². The Kier molecular flexibility index (Phi) is 8.99. The van der Waals surface area contributed by atoms with Crippen molar-refractivity contribution in [3.05, 3.63) is 0 Å². The van der Waals surface area contributed by atoms with Crippen LogP contribution in [-0.2, 0) is 4.79 Å². The molecular formula is C17H35N5O. The molecule has 0 aromatic carbocycles. The van der Waals surface area contributed by atoms with Crippen molar-refractivity contribution < 1.29 is 4.79 Å². The normalized spacial score (nSPS) is 18.8. The number of hydrogen-bond acceptors (Lipinski definition) is 3. The Balaban J connectivity index is 2.48. The summed E-state index contributed by atoms with van der Waals surface area (Å²) in [5, 5.41) is 6.78. The van der Waals surface area contributed by atoms with Crippen molar-refractivity contribution in [3.8, 4) is 0 Å². The van der Waals surface area contributed by atoms with Gasteiger partial charge in [0.05, 0.1) is 6.54 Å². The van der Waals surface area contributed by atoms with Crippen molar-refractivity contribution in [3.63, 3.8) is 0 Å². The first-order valence-corrected chi connectivity index (χ1v) is 9.08. The van der Waals surface area contributed by atoms with Crippen molar-refractivity contribution >= 4 is 11.9 Å². The van der Waals surface area contributed by atoms with E-state index < -0.39 is 0 Å². The van der Waals surface area contributed by atoms with Gasteiger partial charge in [-0.2, -0.15) is 0 Å². The third-order valence-corrected chi connectivity index (χ3v) is 4.32. The molecule has 1 rings (SSSR count). The SMILES string of the molecule is CCNC(=NCCN(CC)C(C)C)NC1CCN(C(=O)CC)C1. The molecule has 1 saturated heterocycles. The lowest BCUT2D eigenvalue weighted by Gasteiger charge is -2.24. The number of amides is 1. The highest BCUT2D eigenvalue weighted by atomic mass is 16.2. The molecule has 1 aliphatic rings. The van der Waals surface area contributed by atoms with E-state index in [1.807, 2.05) is 11.8 Å². The van der Waals surface area contributed by atoms with Crippen LogP contribution in [0.1, 0.15) is 47.5 Å². The van der Waals surface area contributed by atoms with E-state index in [4.69, 9.17) is 0 Å². The van der Waals surface area contributed by atoms with Crippen molar-refractivity contribution in [2.24, 2.45) is 4.99 Å². The summed E-state index contributed by atoms with van der Waals surface area (Å²) in [5.41, 5.74) is 0. The third-order valence-electron chi connectivity index (χ3n) is 4.32. The first-order chi connectivity index (χ1) is 11.0. The number of guanidine groups is 1. The average Bonchev–Trinajstić information content (AvgIpc) is 2.99. The molecule has 1 amide bonds. The summed E-state index contributed by atoms with van der Waals surface area (Å²) in [5.74, 6) is 1.11. The Morgan fingerprint density at radius 1 is 1.35 bits per heavy atom. The van der Waals surface area contributed by atoms with Crippen molar-refractivity contribution in [1.29, 1.82) is 0 Å². The lowest BCUT2D eigenvalue weighted by atomic mass is 10.3. The number of hydrogen-bond donors (Lipinski definition) is 2. The number of aliphatic imine (C=N–C) groups is 1. The number of nitrogens with zero attached hydrogens (tertiary/aromatic N) is 3. The molecule has 6 heteroatoms. The monoisotopic (exact) mass is 325 g/mol. The maximum absolute atomic E-state index is 11.8. The minimum atomic E-state index is 0.242. The Morgan fingerprint density at radius 2 is 2.09 bits per heavy atom. The lowest BCUT2D eigenvalue weighted by molar-refractivity contribution is -0.129. The van der Waals surface area contributed by atoms with Gasteiger partial charge < -0.3 is 15.5 Å². The Bertz CT molecular complexity index is 383. The fourth-order valence-corrected chi connectivity index (χ4v) is 2.91. The molecule has 0 saturated carbocycles. The quantitative estimate of drug-likeness (QED) is 0.521. The van der Waals surface area contributed by atoms with Crippen LogP contribution in [0.15, 0.2) is 4.99 Å². The lowest BCUT2D eigenvalue weighted by Crippen LogP contribution is -2.45. The Labute approximate surface area is 141 Å². The van der Waals surface area contributed by atoms with E-state index >= 15 is 0 Å². The van der Waals surface area contributed by atoms with Crippen LogP contribution in [0.3, 0.4) is 0 Å². The number of nitrogens with one attached hydrogen (secondary N) is 2. The second-order valence-electron chi connectivity index (χ2n) is 6.31. The third kappa shape index (κ3) is 6.77. The highest BCUT2D eigenvalue weighted by molar-refractivity contribution is 5.80. The molecule has 134 valence electrons. The van der Waals surface area contributed by atoms with Crippen LogP contribution >= 0.6 is 0 Å². The smallest absolute Gasteiger partial charge is 0.222 e. The van der Waals surface area contributed by atoms with E-state index in [1.54, 1.807) is 0 Å². The maximum Gasteiger partial charge on any atom is 0.222 e. The molecule has 0 spiro atoms. The summed E-state index contributed by atoms with van der Waals surface area (Å²) in [6.07, 6.45) is 1.58. The van der Waals surface area contributed by atoms with Crippen molar-refractivity contribution in [2.45, 2.75) is 59.5 Å². The molecule has 6 nitrogen and oxygen atoms in total. The van der Waals surface area contributed by atoms with Gasteiger partial charge in [-0.3, -0.25) is 14.7 Å². The summed E-state index contributed by atoms with van der Waals surface area (Å²) >= 11 is 0. The Morgan fingerprint density at radius 3 is 2.65 bits per heavy atom. The van der Waals surface area contributed by atoms with Crippen LogP contribution in [0, 0.1) is 0 Å². The van der Waals surface area contributed by atoms with E-state index in [-0.39, 0.29) is 5.91 Å². The van der Waals surface area contributed by atoms with Gasteiger partial charge in [-0.05, 0) is 33.7 Å². The fourth-order valence-electron chi connectivity index (χ4n) is 2.91. The Hall–Kier alpha value is -1.30. The summed E-state index contributed by atoms with van der Waals surface area (Å²) in [4.78, 5) is 20.8. The van der Waals surface area contributed by atoms with Crippen LogP contribution in [0.5, 0.6) is 0 Å². The zero-order chi connectivity index (χ0) is 17.2. The van der Waals surface area contributed by atoms with E-state index in [0.29, 0.717) is 18.5 Å². The van der Waals surface area contributed by atoms with Crippen LogP contribution in [-0.4, -0.2) is 73.0 Å². The minimum absolute atomic E-state index is 0.242. The van der Waals surface area contributed by atoms with Crippen LogP contribution in [0.2, 0.25) is 0 Å². The highest BCUT2D eigenvalue weighted by Crippen LogP contribution is 2.10. The van der Waals surface area contributed by atoms with Crippen molar-refractivity contribution in [1.82, 2.24) is 20.4 Å². The number of carbonyl (C=O) groups excluding carboxylic acids is 1. The molecule has 0 bridgehead atoms. The van der Waals surface area contributed by atoms with Gasteiger partial charge in [0.1, 0.15) is 0 Å². The summed E-state index contributed by atoms with van der Waals surface area (Å²) in [6, 6.07) is 0.852. The van der Waals surface area contributed by atoms with E-state index in [1.165, 1.54) is 0 Å². The van der Waals surface area contributed by atoms with Gasteiger partial charge in [-0.25, -0.2) is 0 Å². The number of carbonyl (C=O) groups is 1. The largest absolute Gasteiger partial charge is 0.357 e. The molecule has 1 atom stereocenters. The predicted molar refractivity (Wildman–Crippen MR) is 96.8 cm³/mol. The predicted octanol–water partition coefficient (Wildman–Crippen LogP) is 1.28. The topological polar surface area (TPSA) is 60.0 Å². The molecule has 0 aromatic rings. The fraction of sp³-hybridized carbons (Fsp3) is 0.882. The second-order valence-corrected chi connectivity index (χ2v) is 6.31. The molecule has 1 fully saturated rings. The first-order valence-electron chi connectivity index (χ1n) is 9.08. The van der Waals surface area contributed by atoms with Gasteiger partial charge in [-0.15, -0.1) is 0 Å². The van der Waals surface area contributed by atoms with Crippen LogP contribution in [0.4, 0.5) is 0 Å². The highest BCUT2D eigenvalue weighted by Gasteiger charge is 2.25. The number of rotatable bonds is 8. The summed E-state index contributed by atoms with van der Waals surface area (Å²) < 4.78 is 0. The second kappa shape index (κ2) is 10.5. The first kappa shape index (κ1) is 19.7. The van der Waals surface area contributed by atoms with E-state index in [2.05, 4.69) is 48.2 Å². The zero-order valence-electron chi connectivity index (χ0n) is 15.6. The number of likely N-dealkylation sites (tertiary alicyclic amines) is 1. The number of likely N-dealkylation sites (N-methyl/N-ethyl adjacent to an activating group) is 1. The van der Waals surface area contributed by atoms with E-state index in [9.17, 15) is 4.79 Å². The molecule has 0 radical (unpaired) electrons. The van der Waals surface area contributed by atoms with Gasteiger partial charge in [0, 0.05) is 44.7 Å². The molecule has 23 heavy (non-hydrogen) atoms. The standard InChI is InChI=1S/C17H35N5O/c1-6-16(23)22-11-9-15(13-22)20-17(18-7-2)19-10-12-21(8-3)14(4)5/h14-15H,6-13H2,1-5H3,(H2,18,19,20). The summed E-state index contributed by atoms with van der Waals surface area (Å²) in [6.45, 7) is 15.9. The minimum Gasteiger partial charge on any atom is -0.357 e. The molecule has 0 aromatic heterocycles. The van der Waals surface area contributed by atoms with Gasteiger partial charge in [-0.1, -0.05) is 13.8 Å². The van der Waals surface area contributed by atoms with Crippen molar-refractivity contribution in [2.75, 3.05) is 39.3 Å². The maximum atomic E-state index is 11.8. The van der Waals surface area contributed by atoms with E-state index in [0.717, 1.165) is 51.6 Å².